The van der Waals surface area contributed by atoms with Gasteiger partial charge in [-0.05, 0) is 48.6 Å². The molecule has 0 aliphatic carbocycles. The highest BCUT2D eigenvalue weighted by molar-refractivity contribution is 5.94. The number of hydrogen-bond donors (Lipinski definition) is 1. The molecular weight excluding hydrogens is 262 g/mol. The minimum absolute atomic E-state index is 0.0168. The first-order chi connectivity index (χ1) is 10.3. The lowest BCUT2D eigenvalue weighted by Crippen LogP contribution is -2.25. The summed E-state index contributed by atoms with van der Waals surface area (Å²) in [5, 5.41) is 2.96. The fourth-order valence-electron chi connectivity index (χ4n) is 2.58. The Kier molecular flexibility index (Phi) is 4.20. The molecule has 3 nitrogen and oxygen atoms in total. The van der Waals surface area contributed by atoms with Gasteiger partial charge in [-0.2, -0.15) is 0 Å². The zero-order valence-corrected chi connectivity index (χ0v) is 12.0. The van der Waals surface area contributed by atoms with Gasteiger partial charge in [0, 0.05) is 12.1 Å². The van der Waals surface area contributed by atoms with E-state index in [1.165, 1.54) is 11.1 Å². The Hall–Kier alpha value is -2.29. The molecule has 0 saturated carbocycles. The summed E-state index contributed by atoms with van der Waals surface area (Å²) < 4.78 is 5.61. The van der Waals surface area contributed by atoms with Gasteiger partial charge in [0.15, 0.2) is 0 Å². The zero-order valence-electron chi connectivity index (χ0n) is 12.0. The van der Waals surface area contributed by atoms with Crippen molar-refractivity contribution in [3.63, 3.8) is 0 Å². The van der Waals surface area contributed by atoms with Crippen LogP contribution in [0, 0.1) is 0 Å². The number of aryl methyl sites for hydroxylation is 1. The summed E-state index contributed by atoms with van der Waals surface area (Å²) in [6, 6.07) is 15.6. The van der Waals surface area contributed by atoms with Gasteiger partial charge in [0.25, 0.3) is 5.91 Å². The van der Waals surface area contributed by atoms with Crippen LogP contribution in [0.3, 0.4) is 0 Å². The Balaban J connectivity index is 1.55. The first-order valence-corrected chi connectivity index (χ1v) is 7.41. The first kappa shape index (κ1) is 13.7. The van der Waals surface area contributed by atoms with E-state index in [4.69, 9.17) is 4.74 Å². The molecule has 1 aliphatic heterocycles. The Labute approximate surface area is 124 Å². The third-order valence-corrected chi connectivity index (χ3v) is 3.71. The summed E-state index contributed by atoms with van der Waals surface area (Å²) in [6.07, 6.45) is 3.01. The molecule has 1 N–H and O–H groups in total. The number of rotatable bonds is 4. The van der Waals surface area contributed by atoms with Gasteiger partial charge in [0.1, 0.15) is 5.75 Å². The maximum absolute atomic E-state index is 11.9. The molecule has 0 unspecified atom stereocenters. The van der Waals surface area contributed by atoms with Crippen LogP contribution in [0.2, 0.25) is 0 Å². The van der Waals surface area contributed by atoms with Crippen LogP contribution in [-0.4, -0.2) is 19.1 Å². The maximum atomic E-state index is 11.9. The number of fused-ring (bicyclic) bond motifs is 1. The molecule has 2 aromatic carbocycles. The van der Waals surface area contributed by atoms with Crippen molar-refractivity contribution in [1.82, 2.24) is 5.32 Å². The summed E-state index contributed by atoms with van der Waals surface area (Å²) in [5.41, 5.74) is 3.23. The molecule has 2 aromatic rings. The van der Waals surface area contributed by atoms with Gasteiger partial charge in [-0.3, -0.25) is 4.79 Å². The lowest BCUT2D eigenvalue weighted by molar-refractivity contribution is 0.0954. The predicted molar refractivity (Wildman–Crippen MR) is 82.7 cm³/mol. The van der Waals surface area contributed by atoms with E-state index in [2.05, 4.69) is 17.4 Å². The second-order valence-electron chi connectivity index (χ2n) is 5.27. The molecule has 0 radical (unpaired) electrons. The minimum Gasteiger partial charge on any atom is -0.493 e. The molecule has 3 heteroatoms. The normalized spacial score (nSPS) is 13.1. The van der Waals surface area contributed by atoms with Gasteiger partial charge < -0.3 is 10.1 Å². The molecule has 0 aromatic heterocycles. The second-order valence-corrected chi connectivity index (χ2v) is 5.27. The molecule has 1 amide bonds. The summed E-state index contributed by atoms with van der Waals surface area (Å²) in [5.74, 6) is 0.996. The highest BCUT2D eigenvalue weighted by atomic mass is 16.5. The quantitative estimate of drug-likeness (QED) is 0.935. The molecule has 0 bridgehead atoms. The van der Waals surface area contributed by atoms with Crippen molar-refractivity contribution < 1.29 is 9.53 Å². The standard InChI is InChI=1S/C18H19NO2/c20-18(15-5-2-1-3-6-15)19-11-10-14-8-9-17-16(13-14)7-4-12-21-17/h1-3,5-6,8-9,13H,4,7,10-12H2,(H,19,20). The van der Waals surface area contributed by atoms with Gasteiger partial charge in [-0.15, -0.1) is 0 Å². The number of carbonyl (C=O) groups excluding carboxylic acids is 1. The molecule has 1 heterocycles. The van der Waals surface area contributed by atoms with Crippen molar-refractivity contribution in [2.75, 3.05) is 13.2 Å². The van der Waals surface area contributed by atoms with Gasteiger partial charge in [-0.25, -0.2) is 0 Å². The van der Waals surface area contributed by atoms with Crippen LogP contribution in [0.4, 0.5) is 0 Å². The number of carbonyl (C=O) groups is 1. The average molecular weight is 281 g/mol. The number of amides is 1. The van der Waals surface area contributed by atoms with Crippen LogP contribution in [-0.2, 0) is 12.8 Å². The highest BCUT2D eigenvalue weighted by Crippen LogP contribution is 2.25. The van der Waals surface area contributed by atoms with E-state index < -0.39 is 0 Å². The third-order valence-electron chi connectivity index (χ3n) is 3.71. The summed E-state index contributed by atoms with van der Waals surface area (Å²) in [6.45, 7) is 1.47. The van der Waals surface area contributed by atoms with Crippen LogP contribution in [0.25, 0.3) is 0 Å². The van der Waals surface area contributed by atoms with Crippen molar-refractivity contribution in [3.05, 3.63) is 65.2 Å². The smallest absolute Gasteiger partial charge is 0.251 e. The van der Waals surface area contributed by atoms with E-state index >= 15 is 0 Å². The molecule has 0 saturated heterocycles. The Morgan fingerprint density at radius 3 is 2.86 bits per heavy atom. The predicted octanol–water partition coefficient (Wildman–Crippen LogP) is 2.98. The topological polar surface area (TPSA) is 38.3 Å². The number of benzene rings is 2. The van der Waals surface area contributed by atoms with Gasteiger partial charge in [-0.1, -0.05) is 30.3 Å². The van der Waals surface area contributed by atoms with Gasteiger partial charge in [0.2, 0.25) is 0 Å². The molecule has 108 valence electrons. The lowest BCUT2D eigenvalue weighted by atomic mass is 10.0. The Morgan fingerprint density at radius 2 is 2.00 bits per heavy atom. The van der Waals surface area contributed by atoms with Crippen molar-refractivity contribution in [2.24, 2.45) is 0 Å². The van der Waals surface area contributed by atoms with E-state index in [0.29, 0.717) is 12.1 Å². The fraction of sp³-hybridized carbons (Fsp3) is 0.278. The molecule has 0 spiro atoms. The fourth-order valence-corrected chi connectivity index (χ4v) is 2.58. The molecular formula is C18H19NO2. The summed E-state index contributed by atoms with van der Waals surface area (Å²) in [7, 11) is 0. The van der Waals surface area contributed by atoms with Crippen LogP contribution in [0.5, 0.6) is 5.75 Å². The van der Waals surface area contributed by atoms with Crippen molar-refractivity contribution >= 4 is 5.91 Å². The third kappa shape index (κ3) is 3.43. The van der Waals surface area contributed by atoms with E-state index in [1.54, 1.807) is 0 Å². The summed E-state index contributed by atoms with van der Waals surface area (Å²) in [4.78, 5) is 11.9. The van der Waals surface area contributed by atoms with Crippen molar-refractivity contribution in [2.45, 2.75) is 19.3 Å². The zero-order chi connectivity index (χ0) is 14.5. The highest BCUT2D eigenvalue weighted by Gasteiger charge is 2.10. The van der Waals surface area contributed by atoms with Crippen molar-refractivity contribution in [3.8, 4) is 5.75 Å². The van der Waals surface area contributed by atoms with E-state index in [-0.39, 0.29) is 5.91 Å². The maximum Gasteiger partial charge on any atom is 0.251 e. The monoisotopic (exact) mass is 281 g/mol. The van der Waals surface area contributed by atoms with E-state index in [9.17, 15) is 4.79 Å². The molecule has 3 rings (SSSR count). The molecule has 0 fully saturated rings. The molecule has 21 heavy (non-hydrogen) atoms. The average Bonchev–Trinajstić information content (AvgIpc) is 2.55. The van der Waals surface area contributed by atoms with Crippen LogP contribution < -0.4 is 10.1 Å². The Morgan fingerprint density at radius 1 is 1.14 bits per heavy atom. The SMILES string of the molecule is O=C(NCCc1ccc2c(c1)CCCO2)c1ccccc1. The minimum atomic E-state index is -0.0168. The van der Waals surface area contributed by atoms with Crippen molar-refractivity contribution in [1.29, 1.82) is 0 Å². The Bertz CT molecular complexity index is 622. The van der Waals surface area contributed by atoms with Gasteiger partial charge in [0.05, 0.1) is 6.61 Å². The number of hydrogen-bond acceptors (Lipinski definition) is 2. The molecule has 1 aliphatic rings. The van der Waals surface area contributed by atoms with Gasteiger partial charge >= 0.3 is 0 Å². The second kappa shape index (κ2) is 6.44. The lowest BCUT2D eigenvalue weighted by Gasteiger charge is -2.17. The van der Waals surface area contributed by atoms with Crippen LogP contribution in [0.1, 0.15) is 27.9 Å². The van der Waals surface area contributed by atoms with Crippen LogP contribution in [0.15, 0.2) is 48.5 Å². The largest absolute Gasteiger partial charge is 0.493 e. The summed E-state index contributed by atoms with van der Waals surface area (Å²) >= 11 is 0. The van der Waals surface area contributed by atoms with E-state index in [1.807, 2.05) is 36.4 Å². The number of ether oxygens (including phenoxy) is 1. The number of nitrogens with one attached hydrogen (secondary N) is 1. The van der Waals surface area contributed by atoms with Crippen LogP contribution >= 0.6 is 0 Å². The first-order valence-electron chi connectivity index (χ1n) is 7.41. The van der Waals surface area contributed by atoms with E-state index in [0.717, 1.165) is 31.6 Å². The molecule has 0 atom stereocenters.